The molecule has 0 radical (unpaired) electrons. The second-order valence-corrected chi connectivity index (χ2v) is 4.07. The summed E-state index contributed by atoms with van der Waals surface area (Å²) in [6.45, 7) is 2.33. The van der Waals surface area contributed by atoms with Crippen molar-refractivity contribution >= 4 is 17.2 Å². The van der Waals surface area contributed by atoms with E-state index in [0.717, 1.165) is 5.56 Å². The van der Waals surface area contributed by atoms with Crippen LogP contribution in [0.15, 0.2) is 18.2 Å². The maximum Gasteiger partial charge on any atom is 0.292 e. The maximum absolute atomic E-state index is 11.8. The SMILES string of the molecule is CCOCC(=O)[C@@H]1Cc2cccc([N+](=O)[O-])c2N1. The molecular formula is C12H14N2O4. The first-order valence-corrected chi connectivity index (χ1v) is 5.76. The van der Waals surface area contributed by atoms with Gasteiger partial charge in [-0.3, -0.25) is 14.9 Å². The molecule has 1 aliphatic heterocycles. The molecule has 0 saturated carbocycles. The number of rotatable bonds is 5. The van der Waals surface area contributed by atoms with Crippen molar-refractivity contribution in [1.82, 2.24) is 0 Å². The molecule has 0 fully saturated rings. The summed E-state index contributed by atoms with van der Waals surface area (Å²) in [5.74, 6) is -0.0812. The zero-order chi connectivity index (χ0) is 13.1. The number of hydrogen-bond donors (Lipinski definition) is 1. The van der Waals surface area contributed by atoms with E-state index in [-0.39, 0.29) is 18.1 Å². The van der Waals surface area contributed by atoms with E-state index in [1.807, 2.05) is 6.92 Å². The standard InChI is InChI=1S/C12H14N2O4/c1-2-18-7-11(15)9-6-8-4-3-5-10(14(16)17)12(8)13-9/h3-5,9,13H,2,6-7H2,1H3/t9-/m0/s1. The summed E-state index contributed by atoms with van der Waals surface area (Å²) in [5, 5.41) is 13.8. The number of fused-ring (bicyclic) bond motifs is 1. The van der Waals surface area contributed by atoms with Gasteiger partial charge in [-0.1, -0.05) is 12.1 Å². The van der Waals surface area contributed by atoms with Crippen molar-refractivity contribution in [1.29, 1.82) is 0 Å². The van der Waals surface area contributed by atoms with E-state index in [9.17, 15) is 14.9 Å². The van der Waals surface area contributed by atoms with Crippen molar-refractivity contribution in [3.63, 3.8) is 0 Å². The minimum Gasteiger partial charge on any atom is -0.374 e. The number of ether oxygens (including phenoxy) is 1. The molecule has 6 heteroatoms. The lowest BCUT2D eigenvalue weighted by Gasteiger charge is -2.09. The number of hydrogen-bond acceptors (Lipinski definition) is 5. The summed E-state index contributed by atoms with van der Waals surface area (Å²) in [6.07, 6.45) is 0.475. The minimum absolute atomic E-state index is 0.0132. The number of carbonyl (C=O) groups excluding carboxylic acids is 1. The first kappa shape index (κ1) is 12.5. The number of nitro benzene ring substituents is 1. The van der Waals surface area contributed by atoms with E-state index in [2.05, 4.69) is 5.32 Å². The second kappa shape index (κ2) is 5.14. The molecule has 2 rings (SSSR count). The molecule has 0 aromatic heterocycles. The Morgan fingerprint density at radius 1 is 1.61 bits per heavy atom. The summed E-state index contributed by atoms with van der Waals surface area (Å²) in [7, 11) is 0. The van der Waals surface area contributed by atoms with Crippen LogP contribution in [0, 0.1) is 10.1 Å². The van der Waals surface area contributed by atoms with Crippen molar-refractivity contribution < 1.29 is 14.5 Å². The molecule has 1 aromatic carbocycles. The third kappa shape index (κ3) is 2.33. The third-order valence-electron chi connectivity index (χ3n) is 2.91. The van der Waals surface area contributed by atoms with Crippen LogP contribution in [0.25, 0.3) is 0 Å². The molecule has 0 unspecified atom stereocenters. The van der Waals surface area contributed by atoms with Crippen LogP contribution in [0.5, 0.6) is 0 Å². The van der Waals surface area contributed by atoms with Crippen LogP contribution in [-0.2, 0) is 16.0 Å². The van der Waals surface area contributed by atoms with Crippen LogP contribution >= 0.6 is 0 Å². The van der Waals surface area contributed by atoms with Crippen LogP contribution in [0.3, 0.4) is 0 Å². The van der Waals surface area contributed by atoms with Gasteiger partial charge in [0.25, 0.3) is 5.69 Å². The fraction of sp³-hybridized carbons (Fsp3) is 0.417. The lowest BCUT2D eigenvalue weighted by atomic mass is 10.1. The highest BCUT2D eigenvalue weighted by Crippen LogP contribution is 2.34. The Morgan fingerprint density at radius 2 is 2.39 bits per heavy atom. The molecule has 1 N–H and O–H groups in total. The van der Waals surface area contributed by atoms with Gasteiger partial charge in [-0.25, -0.2) is 0 Å². The summed E-state index contributed by atoms with van der Waals surface area (Å²) in [5.41, 5.74) is 1.27. The summed E-state index contributed by atoms with van der Waals surface area (Å²) in [6, 6.07) is 4.44. The average molecular weight is 250 g/mol. The van der Waals surface area contributed by atoms with E-state index in [1.165, 1.54) is 6.07 Å². The number of para-hydroxylation sites is 1. The van der Waals surface area contributed by atoms with E-state index >= 15 is 0 Å². The summed E-state index contributed by atoms with van der Waals surface area (Å²) in [4.78, 5) is 22.2. The molecule has 0 spiro atoms. The Morgan fingerprint density at radius 3 is 3.06 bits per heavy atom. The Labute approximate surface area is 104 Å². The van der Waals surface area contributed by atoms with Gasteiger partial charge in [0, 0.05) is 19.1 Å². The first-order chi connectivity index (χ1) is 8.63. The largest absolute Gasteiger partial charge is 0.374 e. The molecule has 18 heavy (non-hydrogen) atoms. The average Bonchev–Trinajstić information content (AvgIpc) is 2.79. The third-order valence-corrected chi connectivity index (χ3v) is 2.91. The van der Waals surface area contributed by atoms with E-state index in [4.69, 9.17) is 4.74 Å². The van der Waals surface area contributed by atoms with Crippen LogP contribution in [0.4, 0.5) is 11.4 Å². The highest BCUT2D eigenvalue weighted by atomic mass is 16.6. The number of Topliss-reactive ketones (excluding diaryl/α,β-unsaturated/α-hetero) is 1. The van der Waals surface area contributed by atoms with Crippen LogP contribution < -0.4 is 5.32 Å². The molecule has 0 aliphatic carbocycles. The van der Waals surface area contributed by atoms with Crippen molar-refractivity contribution in [3.05, 3.63) is 33.9 Å². The molecule has 1 aliphatic rings. The lowest BCUT2D eigenvalue weighted by Crippen LogP contribution is -2.30. The summed E-state index contributed by atoms with van der Waals surface area (Å²) >= 11 is 0. The van der Waals surface area contributed by atoms with Gasteiger partial charge < -0.3 is 10.1 Å². The quantitative estimate of drug-likeness (QED) is 0.633. The predicted octanol–water partition coefficient (Wildman–Crippen LogP) is 1.54. The van der Waals surface area contributed by atoms with Gasteiger partial charge in [0.1, 0.15) is 12.3 Å². The Bertz CT molecular complexity index is 487. The molecule has 0 bridgehead atoms. The number of nitro groups is 1. The Kier molecular flexibility index (Phi) is 3.57. The van der Waals surface area contributed by atoms with Crippen molar-refractivity contribution in [2.24, 2.45) is 0 Å². The topological polar surface area (TPSA) is 81.5 Å². The number of benzene rings is 1. The number of ketones is 1. The zero-order valence-electron chi connectivity index (χ0n) is 10.0. The Balaban J connectivity index is 2.15. The second-order valence-electron chi connectivity index (χ2n) is 4.07. The molecule has 1 atom stereocenters. The van der Waals surface area contributed by atoms with E-state index in [0.29, 0.717) is 18.7 Å². The minimum atomic E-state index is -0.443. The molecule has 6 nitrogen and oxygen atoms in total. The molecule has 1 heterocycles. The van der Waals surface area contributed by atoms with Gasteiger partial charge in [-0.15, -0.1) is 0 Å². The number of anilines is 1. The number of nitrogens with one attached hydrogen (secondary N) is 1. The van der Waals surface area contributed by atoms with Crippen LogP contribution in [0.1, 0.15) is 12.5 Å². The highest BCUT2D eigenvalue weighted by molar-refractivity contribution is 5.91. The lowest BCUT2D eigenvalue weighted by molar-refractivity contribution is -0.383. The van der Waals surface area contributed by atoms with Gasteiger partial charge in [0.15, 0.2) is 5.78 Å². The number of nitrogens with zero attached hydrogens (tertiary/aromatic N) is 1. The van der Waals surface area contributed by atoms with Crippen LogP contribution in [0.2, 0.25) is 0 Å². The molecule has 96 valence electrons. The first-order valence-electron chi connectivity index (χ1n) is 5.76. The molecule has 1 aromatic rings. The van der Waals surface area contributed by atoms with E-state index < -0.39 is 11.0 Å². The molecule has 0 saturated heterocycles. The molecular weight excluding hydrogens is 236 g/mol. The predicted molar refractivity (Wildman–Crippen MR) is 65.7 cm³/mol. The zero-order valence-corrected chi connectivity index (χ0v) is 10.0. The highest BCUT2D eigenvalue weighted by Gasteiger charge is 2.31. The monoisotopic (exact) mass is 250 g/mol. The van der Waals surface area contributed by atoms with Crippen molar-refractivity contribution in [2.75, 3.05) is 18.5 Å². The van der Waals surface area contributed by atoms with Crippen molar-refractivity contribution in [3.8, 4) is 0 Å². The smallest absolute Gasteiger partial charge is 0.292 e. The fourth-order valence-corrected chi connectivity index (χ4v) is 2.02. The maximum atomic E-state index is 11.8. The van der Waals surface area contributed by atoms with Gasteiger partial charge in [0.2, 0.25) is 0 Å². The molecule has 0 amide bonds. The normalized spacial score (nSPS) is 17.1. The van der Waals surface area contributed by atoms with Gasteiger partial charge in [-0.05, 0) is 12.5 Å². The van der Waals surface area contributed by atoms with Crippen molar-refractivity contribution in [2.45, 2.75) is 19.4 Å². The van der Waals surface area contributed by atoms with Gasteiger partial charge in [-0.2, -0.15) is 0 Å². The van der Waals surface area contributed by atoms with Gasteiger partial charge >= 0.3 is 0 Å². The summed E-state index contributed by atoms with van der Waals surface area (Å²) < 4.78 is 5.06. The van der Waals surface area contributed by atoms with Crippen LogP contribution in [-0.4, -0.2) is 30.0 Å². The fourth-order valence-electron chi connectivity index (χ4n) is 2.02. The van der Waals surface area contributed by atoms with E-state index in [1.54, 1.807) is 12.1 Å². The Hall–Kier alpha value is -1.95. The number of carbonyl (C=O) groups is 1. The van der Waals surface area contributed by atoms with Gasteiger partial charge in [0.05, 0.1) is 11.0 Å².